The normalized spacial score (nSPS) is 9.53. The van der Waals surface area contributed by atoms with Crippen molar-refractivity contribution in [2.45, 2.75) is 6.92 Å². The molecule has 2 N–H and O–H groups in total. The SMILES string of the molecule is CNC(=S)NC(=O)c1ccc(C)c(Br)c1. The summed E-state index contributed by atoms with van der Waals surface area (Å²) in [5, 5.41) is 5.55. The molecule has 0 saturated carbocycles. The minimum absolute atomic E-state index is 0.213. The van der Waals surface area contributed by atoms with Gasteiger partial charge in [0, 0.05) is 17.1 Å². The van der Waals surface area contributed by atoms with Gasteiger partial charge in [-0.3, -0.25) is 10.1 Å². The second kappa shape index (κ2) is 5.23. The zero-order valence-corrected chi connectivity index (χ0v) is 10.8. The molecule has 0 spiro atoms. The summed E-state index contributed by atoms with van der Waals surface area (Å²) >= 11 is 8.20. The lowest BCUT2D eigenvalue weighted by molar-refractivity contribution is 0.0977. The average Bonchev–Trinajstić information content (AvgIpc) is 2.21. The molecule has 0 saturated heterocycles. The number of thiocarbonyl (C=S) groups is 1. The number of rotatable bonds is 1. The maximum absolute atomic E-state index is 11.6. The second-order valence-corrected chi connectivity index (χ2v) is 4.26. The predicted octanol–water partition coefficient (Wildman–Crippen LogP) is 1.99. The smallest absolute Gasteiger partial charge is 0.257 e. The van der Waals surface area contributed by atoms with Gasteiger partial charge in [0.15, 0.2) is 5.11 Å². The highest BCUT2D eigenvalue weighted by molar-refractivity contribution is 9.10. The van der Waals surface area contributed by atoms with Crippen LogP contribution in [-0.4, -0.2) is 18.1 Å². The lowest BCUT2D eigenvalue weighted by atomic mass is 10.1. The van der Waals surface area contributed by atoms with Gasteiger partial charge in [0.2, 0.25) is 0 Å². The van der Waals surface area contributed by atoms with Crippen molar-refractivity contribution in [3.8, 4) is 0 Å². The van der Waals surface area contributed by atoms with Crippen LogP contribution in [0.2, 0.25) is 0 Å². The zero-order chi connectivity index (χ0) is 11.4. The maximum atomic E-state index is 11.6. The first-order valence-electron chi connectivity index (χ1n) is 4.34. The van der Waals surface area contributed by atoms with E-state index in [1.165, 1.54) is 0 Å². The highest BCUT2D eigenvalue weighted by atomic mass is 79.9. The molecule has 0 unspecified atom stereocenters. The molecule has 0 aliphatic heterocycles. The zero-order valence-electron chi connectivity index (χ0n) is 8.43. The molecule has 80 valence electrons. The predicted molar refractivity (Wildman–Crippen MR) is 68.0 cm³/mol. The second-order valence-electron chi connectivity index (χ2n) is 3.00. The van der Waals surface area contributed by atoms with Crippen LogP contribution >= 0.6 is 28.1 Å². The molecule has 1 aromatic rings. The maximum Gasteiger partial charge on any atom is 0.257 e. The number of benzene rings is 1. The van der Waals surface area contributed by atoms with E-state index in [1.54, 1.807) is 19.2 Å². The largest absolute Gasteiger partial charge is 0.365 e. The van der Waals surface area contributed by atoms with Gasteiger partial charge in [-0.1, -0.05) is 22.0 Å². The molecule has 1 aromatic carbocycles. The number of amides is 1. The van der Waals surface area contributed by atoms with E-state index in [-0.39, 0.29) is 5.91 Å². The number of nitrogens with one attached hydrogen (secondary N) is 2. The molecule has 0 bridgehead atoms. The summed E-state index contributed by atoms with van der Waals surface area (Å²) in [6, 6.07) is 5.40. The quantitative estimate of drug-likeness (QED) is 0.776. The molecule has 15 heavy (non-hydrogen) atoms. The van der Waals surface area contributed by atoms with Crippen LogP contribution in [-0.2, 0) is 0 Å². The molecule has 0 aromatic heterocycles. The molecular weight excluding hydrogens is 276 g/mol. The number of hydrogen-bond acceptors (Lipinski definition) is 2. The first kappa shape index (κ1) is 12.1. The van der Waals surface area contributed by atoms with Gasteiger partial charge in [0.1, 0.15) is 0 Å². The summed E-state index contributed by atoms with van der Waals surface area (Å²) in [5.41, 5.74) is 1.66. The van der Waals surface area contributed by atoms with E-state index in [0.717, 1.165) is 10.0 Å². The van der Waals surface area contributed by atoms with Gasteiger partial charge in [-0.25, -0.2) is 0 Å². The Labute approximate surface area is 102 Å². The van der Waals surface area contributed by atoms with Crippen LogP contribution in [0.25, 0.3) is 0 Å². The fraction of sp³-hybridized carbons (Fsp3) is 0.200. The van der Waals surface area contributed by atoms with Crippen molar-refractivity contribution in [2.75, 3.05) is 7.05 Å². The van der Waals surface area contributed by atoms with Crippen molar-refractivity contribution in [1.82, 2.24) is 10.6 Å². The Morgan fingerprint density at radius 3 is 2.67 bits per heavy atom. The van der Waals surface area contributed by atoms with Crippen molar-refractivity contribution in [3.05, 3.63) is 33.8 Å². The van der Waals surface area contributed by atoms with Crippen molar-refractivity contribution < 1.29 is 4.79 Å². The van der Waals surface area contributed by atoms with Crippen LogP contribution in [0.5, 0.6) is 0 Å². The Morgan fingerprint density at radius 1 is 1.47 bits per heavy atom. The third-order valence-electron chi connectivity index (χ3n) is 1.89. The summed E-state index contributed by atoms with van der Waals surface area (Å²) in [4.78, 5) is 11.6. The summed E-state index contributed by atoms with van der Waals surface area (Å²) in [6.45, 7) is 1.96. The van der Waals surface area contributed by atoms with Crippen LogP contribution in [0, 0.1) is 6.92 Å². The van der Waals surface area contributed by atoms with Crippen molar-refractivity contribution in [2.24, 2.45) is 0 Å². The van der Waals surface area contributed by atoms with Crippen LogP contribution < -0.4 is 10.6 Å². The number of halogens is 1. The lowest BCUT2D eigenvalue weighted by Gasteiger charge is -2.06. The minimum Gasteiger partial charge on any atom is -0.365 e. The highest BCUT2D eigenvalue weighted by Gasteiger charge is 2.07. The molecule has 1 amide bonds. The number of carbonyl (C=O) groups is 1. The van der Waals surface area contributed by atoms with Crippen molar-refractivity contribution in [1.29, 1.82) is 0 Å². The fourth-order valence-electron chi connectivity index (χ4n) is 0.972. The van der Waals surface area contributed by atoms with Gasteiger partial charge in [0.25, 0.3) is 5.91 Å². The summed E-state index contributed by atoms with van der Waals surface area (Å²) in [5.74, 6) is -0.213. The Kier molecular flexibility index (Phi) is 4.23. The molecule has 0 heterocycles. The van der Waals surface area contributed by atoms with E-state index < -0.39 is 0 Å². The minimum atomic E-state index is -0.213. The Balaban J connectivity index is 2.83. The van der Waals surface area contributed by atoms with E-state index in [0.29, 0.717) is 10.7 Å². The van der Waals surface area contributed by atoms with Crippen LogP contribution in [0.3, 0.4) is 0 Å². The lowest BCUT2D eigenvalue weighted by Crippen LogP contribution is -2.37. The molecule has 0 aliphatic carbocycles. The van der Waals surface area contributed by atoms with Gasteiger partial charge in [-0.2, -0.15) is 0 Å². The van der Waals surface area contributed by atoms with E-state index in [9.17, 15) is 4.79 Å². The summed E-state index contributed by atoms with van der Waals surface area (Å²) in [6.07, 6.45) is 0. The number of hydrogen-bond donors (Lipinski definition) is 2. The highest BCUT2D eigenvalue weighted by Crippen LogP contribution is 2.17. The van der Waals surface area contributed by atoms with Crippen molar-refractivity contribution in [3.63, 3.8) is 0 Å². The third-order valence-corrected chi connectivity index (χ3v) is 3.05. The van der Waals surface area contributed by atoms with Gasteiger partial charge >= 0.3 is 0 Å². The Morgan fingerprint density at radius 2 is 2.13 bits per heavy atom. The Hall–Kier alpha value is -0.940. The first-order chi connectivity index (χ1) is 7.04. The molecule has 0 atom stereocenters. The monoisotopic (exact) mass is 286 g/mol. The van der Waals surface area contributed by atoms with Crippen LogP contribution in [0.4, 0.5) is 0 Å². The third kappa shape index (κ3) is 3.28. The van der Waals surface area contributed by atoms with Gasteiger partial charge < -0.3 is 5.32 Å². The molecule has 0 radical (unpaired) electrons. The fourth-order valence-corrected chi connectivity index (χ4v) is 1.44. The molecule has 0 fully saturated rings. The molecular formula is C10H11BrN2OS. The van der Waals surface area contributed by atoms with Crippen molar-refractivity contribution >= 4 is 39.2 Å². The van der Waals surface area contributed by atoms with Gasteiger partial charge in [-0.15, -0.1) is 0 Å². The summed E-state index contributed by atoms with van der Waals surface area (Å²) in [7, 11) is 1.66. The van der Waals surface area contributed by atoms with Gasteiger partial charge in [0.05, 0.1) is 0 Å². The van der Waals surface area contributed by atoms with E-state index >= 15 is 0 Å². The Bertz CT molecular complexity index is 406. The average molecular weight is 287 g/mol. The molecule has 0 aliphatic rings. The van der Waals surface area contributed by atoms with Crippen LogP contribution in [0.1, 0.15) is 15.9 Å². The number of aryl methyl sites for hydroxylation is 1. The number of carbonyl (C=O) groups excluding carboxylic acids is 1. The van der Waals surface area contributed by atoms with Crippen LogP contribution in [0.15, 0.2) is 22.7 Å². The van der Waals surface area contributed by atoms with E-state index in [2.05, 4.69) is 26.6 Å². The standard InChI is InChI=1S/C10H11BrN2OS/c1-6-3-4-7(5-8(6)11)9(14)13-10(15)12-2/h3-5H,1-2H3,(H2,12,13,14,15). The van der Waals surface area contributed by atoms with Gasteiger partial charge in [-0.05, 0) is 36.8 Å². The molecule has 1 rings (SSSR count). The van der Waals surface area contributed by atoms with E-state index in [4.69, 9.17) is 12.2 Å². The van der Waals surface area contributed by atoms with E-state index in [1.807, 2.05) is 13.0 Å². The molecule has 5 heteroatoms. The summed E-state index contributed by atoms with van der Waals surface area (Å²) < 4.78 is 0.908. The topological polar surface area (TPSA) is 41.1 Å². The molecule has 3 nitrogen and oxygen atoms in total. The first-order valence-corrected chi connectivity index (χ1v) is 5.54.